The minimum absolute atomic E-state index is 0.0978. The first-order valence-corrected chi connectivity index (χ1v) is 11.1. The average Bonchev–Trinajstić information content (AvgIpc) is 3.26. The second-order valence-electron chi connectivity index (χ2n) is 7.24. The number of aryl methyl sites for hydroxylation is 1. The van der Waals surface area contributed by atoms with Gasteiger partial charge in [-0.15, -0.1) is 10.2 Å². The van der Waals surface area contributed by atoms with Crippen LogP contribution in [0.2, 0.25) is 0 Å². The van der Waals surface area contributed by atoms with Crippen LogP contribution in [0.25, 0.3) is 17.1 Å². The molecule has 1 amide bonds. The smallest absolute Gasteiger partial charge is 0.250 e. The van der Waals surface area contributed by atoms with Crippen molar-refractivity contribution in [3.63, 3.8) is 0 Å². The summed E-state index contributed by atoms with van der Waals surface area (Å²) in [6, 6.07) is 17.7. The molecule has 0 aliphatic rings. The van der Waals surface area contributed by atoms with Crippen LogP contribution in [0.1, 0.15) is 18.1 Å². The predicted octanol–water partition coefficient (Wildman–Crippen LogP) is 4.41. The fraction of sp³-hybridized carbons (Fsp3) is 0.125. The van der Waals surface area contributed by atoms with E-state index in [1.165, 1.54) is 23.9 Å². The zero-order valence-corrected chi connectivity index (χ0v) is 18.9. The Morgan fingerprint density at radius 2 is 1.73 bits per heavy atom. The van der Waals surface area contributed by atoms with E-state index in [2.05, 4.69) is 25.7 Å². The van der Waals surface area contributed by atoms with Crippen molar-refractivity contribution >= 4 is 23.4 Å². The molecule has 0 unspecified atom stereocenters. The van der Waals surface area contributed by atoms with Gasteiger partial charge in [0.25, 0.3) is 5.91 Å². The molecule has 33 heavy (non-hydrogen) atoms. The number of hydrogen-bond donors (Lipinski definition) is 1. The van der Waals surface area contributed by atoms with Crippen LogP contribution in [0.3, 0.4) is 0 Å². The number of pyridine rings is 1. The van der Waals surface area contributed by atoms with Crippen LogP contribution in [0.15, 0.2) is 83.3 Å². The van der Waals surface area contributed by atoms with Gasteiger partial charge in [-0.3, -0.25) is 14.3 Å². The van der Waals surface area contributed by atoms with E-state index < -0.39 is 0 Å². The number of nitrogens with one attached hydrogen (secondary N) is 1. The Morgan fingerprint density at radius 3 is 2.42 bits per heavy atom. The zero-order chi connectivity index (χ0) is 23.2. The molecule has 9 heteroatoms. The zero-order valence-electron chi connectivity index (χ0n) is 18.1. The molecule has 4 rings (SSSR count). The molecule has 0 aliphatic heterocycles. The van der Waals surface area contributed by atoms with Crippen molar-refractivity contribution in [2.45, 2.75) is 19.0 Å². The number of hydrogen-bond acceptors (Lipinski definition) is 6. The van der Waals surface area contributed by atoms with Gasteiger partial charge in [-0.2, -0.15) is 5.10 Å². The highest BCUT2D eigenvalue weighted by Crippen LogP contribution is 2.27. The Balaban J connectivity index is 1.51. The number of rotatable bonds is 7. The number of halogens is 1. The van der Waals surface area contributed by atoms with E-state index in [4.69, 9.17) is 0 Å². The monoisotopic (exact) mass is 460 g/mol. The second-order valence-corrected chi connectivity index (χ2v) is 8.18. The number of benzene rings is 2. The molecule has 0 bridgehead atoms. The maximum absolute atomic E-state index is 13.1. The van der Waals surface area contributed by atoms with Gasteiger partial charge in [0.2, 0.25) is 0 Å². The average molecular weight is 461 g/mol. The number of carbonyl (C=O) groups excluding carboxylic acids is 1. The van der Waals surface area contributed by atoms with Crippen LogP contribution >= 0.6 is 11.8 Å². The third kappa shape index (κ3) is 5.50. The number of hydrazone groups is 1. The first kappa shape index (κ1) is 22.3. The van der Waals surface area contributed by atoms with E-state index in [9.17, 15) is 9.18 Å². The predicted molar refractivity (Wildman–Crippen MR) is 127 cm³/mol. The SMILES string of the molecule is C/C(=N/NC(=O)CSc1nnc(-c2ccncc2)n1-c1ccc(C)cc1)c1ccc(F)cc1. The van der Waals surface area contributed by atoms with E-state index in [1.54, 1.807) is 31.5 Å². The van der Waals surface area contributed by atoms with Gasteiger partial charge in [-0.05, 0) is 55.8 Å². The van der Waals surface area contributed by atoms with Crippen molar-refractivity contribution in [1.82, 2.24) is 25.2 Å². The minimum atomic E-state index is -0.323. The summed E-state index contributed by atoms with van der Waals surface area (Å²) in [6.45, 7) is 3.77. The first-order chi connectivity index (χ1) is 16.0. The highest BCUT2D eigenvalue weighted by Gasteiger charge is 2.17. The first-order valence-electron chi connectivity index (χ1n) is 10.2. The Bertz CT molecular complexity index is 1270. The number of amides is 1. The summed E-state index contributed by atoms with van der Waals surface area (Å²) in [6.07, 6.45) is 3.40. The van der Waals surface area contributed by atoms with Crippen LogP contribution < -0.4 is 5.43 Å². The molecule has 2 heterocycles. The van der Waals surface area contributed by atoms with Gasteiger partial charge in [-0.25, -0.2) is 9.82 Å². The van der Waals surface area contributed by atoms with Crippen LogP contribution in [-0.4, -0.2) is 37.1 Å². The number of nitrogens with zero attached hydrogens (tertiary/aromatic N) is 5. The molecule has 4 aromatic rings. The van der Waals surface area contributed by atoms with E-state index >= 15 is 0 Å². The van der Waals surface area contributed by atoms with Gasteiger partial charge < -0.3 is 0 Å². The van der Waals surface area contributed by atoms with E-state index in [0.717, 1.165) is 22.4 Å². The molecule has 0 fully saturated rings. The second kappa shape index (κ2) is 10.2. The highest BCUT2D eigenvalue weighted by molar-refractivity contribution is 7.99. The lowest BCUT2D eigenvalue weighted by atomic mass is 10.1. The molecular formula is C24H21FN6OS. The Kier molecular flexibility index (Phi) is 6.89. The summed E-state index contributed by atoms with van der Waals surface area (Å²) >= 11 is 1.26. The lowest BCUT2D eigenvalue weighted by molar-refractivity contribution is -0.118. The standard InChI is InChI=1S/C24H21FN6OS/c1-16-3-9-21(10-4-16)31-23(19-11-13-26-14-12-19)29-30-24(31)33-15-22(32)28-27-17(2)18-5-7-20(25)8-6-18/h3-14H,15H2,1-2H3,(H,28,32)/b27-17-. The molecule has 0 saturated heterocycles. The van der Waals surface area contributed by atoms with Crippen LogP contribution in [0.5, 0.6) is 0 Å². The number of carbonyl (C=O) groups is 1. The molecule has 0 spiro atoms. The summed E-state index contributed by atoms with van der Waals surface area (Å²) < 4.78 is 15.0. The quantitative estimate of drug-likeness (QED) is 0.251. The lowest BCUT2D eigenvalue weighted by Crippen LogP contribution is -2.21. The maximum Gasteiger partial charge on any atom is 0.250 e. The highest BCUT2D eigenvalue weighted by atomic mass is 32.2. The summed E-state index contributed by atoms with van der Waals surface area (Å²) in [4.78, 5) is 16.5. The third-order valence-corrected chi connectivity index (χ3v) is 5.74. The van der Waals surface area contributed by atoms with Gasteiger partial charge >= 0.3 is 0 Å². The fourth-order valence-corrected chi connectivity index (χ4v) is 3.79. The van der Waals surface area contributed by atoms with Gasteiger partial charge in [-0.1, -0.05) is 41.6 Å². The largest absolute Gasteiger partial charge is 0.272 e. The van der Waals surface area contributed by atoms with Gasteiger partial charge in [0.15, 0.2) is 11.0 Å². The Hall–Kier alpha value is -3.85. The van der Waals surface area contributed by atoms with Crippen molar-refractivity contribution in [3.8, 4) is 17.1 Å². The normalized spacial score (nSPS) is 11.4. The Labute approximate surface area is 194 Å². The molecule has 0 saturated carbocycles. The molecule has 0 radical (unpaired) electrons. The summed E-state index contributed by atoms with van der Waals surface area (Å²) in [5, 5.41) is 13.4. The van der Waals surface area contributed by atoms with Crippen molar-refractivity contribution in [1.29, 1.82) is 0 Å². The molecule has 0 aliphatic carbocycles. The van der Waals surface area contributed by atoms with Crippen LogP contribution in [0, 0.1) is 12.7 Å². The molecule has 166 valence electrons. The lowest BCUT2D eigenvalue weighted by Gasteiger charge is -2.10. The molecule has 2 aromatic carbocycles. The van der Waals surface area contributed by atoms with E-state index in [0.29, 0.717) is 16.7 Å². The minimum Gasteiger partial charge on any atom is -0.272 e. The molecular weight excluding hydrogens is 439 g/mol. The van der Waals surface area contributed by atoms with Gasteiger partial charge in [0.05, 0.1) is 11.5 Å². The van der Waals surface area contributed by atoms with Gasteiger partial charge in [0, 0.05) is 23.6 Å². The molecule has 1 N–H and O–H groups in total. The topological polar surface area (TPSA) is 85.1 Å². The van der Waals surface area contributed by atoms with Crippen molar-refractivity contribution in [2.24, 2.45) is 5.10 Å². The van der Waals surface area contributed by atoms with Crippen LogP contribution in [0.4, 0.5) is 4.39 Å². The number of thioether (sulfide) groups is 1. The summed E-state index contributed by atoms with van der Waals surface area (Å²) in [7, 11) is 0. The van der Waals surface area contributed by atoms with Crippen LogP contribution in [-0.2, 0) is 4.79 Å². The van der Waals surface area contributed by atoms with E-state index in [-0.39, 0.29) is 17.5 Å². The molecule has 2 aromatic heterocycles. The number of aromatic nitrogens is 4. The van der Waals surface area contributed by atoms with E-state index in [1.807, 2.05) is 47.9 Å². The van der Waals surface area contributed by atoms with Crippen molar-refractivity contribution in [2.75, 3.05) is 5.75 Å². The molecule has 0 atom stereocenters. The van der Waals surface area contributed by atoms with Crippen molar-refractivity contribution < 1.29 is 9.18 Å². The Morgan fingerprint density at radius 1 is 1.03 bits per heavy atom. The van der Waals surface area contributed by atoms with Gasteiger partial charge in [0.1, 0.15) is 5.82 Å². The van der Waals surface area contributed by atoms with Crippen molar-refractivity contribution in [3.05, 3.63) is 90.0 Å². The summed E-state index contributed by atoms with van der Waals surface area (Å²) in [5.41, 5.74) is 6.75. The molecule has 7 nitrogen and oxygen atoms in total. The third-order valence-electron chi connectivity index (χ3n) is 4.81. The fourth-order valence-electron chi connectivity index (χ4n) is 3.04. The maximum atomic E-state index is 13.1. The summed E-state index contributed by atoms with van der Waals surface area (Å²) in [5.74, 6) is 0.149.